The lowest BCUT2D eigenvalue weighted by atomic mass is 9.88. The van der Waals surface area contributed by atoms with Gasteiger partial charge in [-0.1, -0.05) is 12.8 Å². The molecule has 16 heavy (non-hydrogen) atoms. The highest BCUT2D eigenvalue weighted by Crippen LogP contribution is 2.25. The third kappa shape index (κ3) is 2.95. The Hall–Kier alpha value is -0.610. The fourth-order valence-electron chi connectivity index (χ4n) is 2.63. The van der Waals surface area contributed by atoms with Crippen molar-refractivity contribution in [1.82, 2.24) is 9.80 Å². The van der Waals surface area contributed by atoms with E-state index in [4.69, 9.17) is 5.73 Å². The normalized spacial score (nSPS) is 27.9. The van der Waals surface area contributed by atoms with Crippen LogP contribution in [-0.2, 0) is 4.79 Å². The monoisotopic (exact) mass is 227 g/mol. The summed E-state index contributed by atoms with van der Waals surface area (Å²) in [5.41, 5.74) is 5.66. The Kier molecular flexibility index (Phi) is 4.74. The van der Waals surface area contributed by atoms with Crippen LogP contribution in [0.4, 0.5) is 0 Å². The molecule has 0 aromatic carbocycles. The Balaban J connectivity index is 2.71. The highest BCUT2D eigenvalue weighted by Gasteiger charge is 2.32. The molecule has 0 unspecified atom stereocenters. The van der Waals surface area contributed by atoms with Gasteiger partial charge in [0.25, 0.3) is 0 Å². The summed E-state index contributed by atoms with van der Waals surface area (Å²) in [5.74, 6) is 0.0544. The van der Waals surface area contributed by atoms with Gasteiger partial charge in [-0.2, -0.15) is 0 Å². The first kappa shape index (κ1) is 13.5. The summed E-state index contributed by atoms with van der Waals surface area (Å²) < 4.78 is 0. The predicted molar refractivity (Wildman–Crippen MR) is 66.2 cm³/mol. The molecule has 2 N–H and O–H groups in total. The van der Waals surface area contributed by atoms with Gasteiger partial charge in [0.2, 0.25) is 5.91 Å². The van der Waals surface area contributed by atoms with Crippen molar-refractivity contribution in [3.8, 4) is 0 Å². The minimum absolute atomic E-state index is 0.0544. The fraction of sp³-hybridized carbons (Fsp3) is 0.917. The zero-order valence-corrected chi connectivity index (χ0v) is 10.9. The molecule has 1 saturated carbocycles. The number of nitrogens with two attached hydrogens (primary N) is 1. The number of likely N-dealkylation sites (N-methyl/N-ethyl adjacent to an activating group) is 2. The molecule has 1 amide bonds. The molecule has 0 aliphatic heterocycles. The quantitative estimate of drug-likeness (QED) is 0.771. The molecule has 4 heteroatoms. The molecule has 1 rings (SSSR count). The van der Waals surface area contributed by atoms with Gasteiger partial charge in [-0.3, -0.25) is 4.79 Å². The number of rotatable bonds is 3. The van der Waals surface area contributed by atoms with Gasteiger partial charge in [0, 0.05) is 19.1 Å². The Bertz CT molecular complexity index is 240. The van der Waals surface area contributed by atoms with Crippen LogP contribution in [0.15, 0.2) is 0 Å². The van der Waals surface area contributed by atoms with Gasteiger partial charge >= 0.3 is 0 Å². The number of carbonyl (C=O) groups excluding carboxylic acids is 1. The summed E-state index contributed by atoms with van der Waals surface area (Å²) in [6.45, 7) is 1.76. The van der Waals surface area contributed by atoms with E-state index in [1.165, 1.54) is 19.3 Å². The van der Waals surface area contributed by atoms with Crippen LogP contribution < -0.4 is 5.73 Å². The summed E-state index contributed by atoms with van der Waals surface area (Å²) in [6.07, 6.45) is 4.75. The minimum atomic E-state index is -0.394. The first-order valence-corrected chi connectivity index (χ1v) is 6.13. The van der Waals surface area contributed by atoms with Crippen LogP contribution >= 0.6 is 0 Å². The SMILES string of the molecule is C[C@H](N)C(=O)N(C)[C@H]1CCCC[C@@H]1N(C)C. The molecule has 0 aromatic rings. The van der Waals surface area contributed by atoms with E-state index in [0.29, 0.717) is 12.1 Å². The zero-order valence-electron chi connectivity index (χ0n) is 10.9. The molecule has 0 heterocycles. The standard InChI is InChI=1S/C12H25N3O/c1-9(13)12(16)15(4)11-8-6-5-7-10(11)14(2)3/h9-11H,5-8,13H2,1-4H3/t9-,10-,11-/m0/s1. The number of nitrogens with zero attached hydrogens (tertiary/aromatic N) is 2. The molecule has 1 fully saturated rings. The highest BCUT2D eigenvalue weighted by molar-refractivity contribution is 5.81. The maximum absolute atomic E-state index is 11.9. The number of hydrogen-bond acceptors (Lipinski definition) is 3. The van der Waals surface area contributed by atoms with Crippen molar-refractivity contribution in [3.63, 3.8) is 0 Å². The van der Waals surface area contributed by atoms with Crippen molar-refractivity contribution in [2.45, 2.75) is 50.7 Å². The van der Waals surface area contributed by atoms with Gasteiger partial charge < -0.3 is 15.5 Å². The van der Waals surface area contributed by atoms with Gasteiger partial charge in [-0.15, -0.1) is 0 Å². The second kappa shape index (κ2) is 5.64. The van der Waals surface area contributed by atoms with Crippen LogP contribution in [0, 0.1) is 0 Å². The second-order valence-corrected chi connectivity index (χ2v) is 5.12. The lowest BCUT2D eigenvalue weighted by molar-refractivity contribution is -0.134. The van der Waals surface area contributed by atoms with Gasteiger partial charge in [-0.05, 0) is 33.9 Å². The van der Waals surface area contributed by atoms with E-state index in [0.717, 1.165) is 6.42 Å². The van der Waals surface area contributed by atoms with Gasteiger partial charge in [0.15, 0.2) is 0 Å². The Morgan fingerprint density at radius 1 is 1.19 bits per heavy atom. The third-order valence-electron chi connectivity index (χ3n) is 3.59. The highest BCUT2D eigenvalue weighted by atomic mass is 16.2. The Labute approximate surface area is 98.8 Å². The van der Waals surface area contributed by atoms with Crippen LogP contribution in [0.5, 0.6) is 0 Å². The van der Waals surface area contributed by atoms with Crippen molar-refractivity contribution >= 4 is 5.91 Å². The Morgan fingerprint density at radius 3 is 2.12 bits per heavy atom. The van der Waals surface area contributed by atoms with Gasteiger partial charge in [0.05, 0.1) is 6.04 Å². The topological polar surface area (TPSA) is 49.6 Å². The molecule has 0 saturated heterocycles. The number of carbonyl (C=O) groups is 1. The molecular formula is C12H25N3O. The first-order chi connectivity index (χ1) is 7.45. The summed E-state index contributed by atoms with van der Waals surface area (Å²) in [5, 5.41) is 0. The summed E-state index contributed by atoms with van der Waals surface area (Å²) in [7, 11) is 6.07. The van der Waals surface area contributed by atoms with E-state index in [9.17, 15) is 4.79 Å². The van der Waals surface area contributed by atoms with Crippen molar-refractivity contribution < 1.29 is 4.79 Å². The smallest absolute Gasteiger partial charge is 0.239 e. The van der Waals surface area contributed by atoms with E-state index in [2.05, 4.69) is 19.0 Å². The lowest BCUT2D eigenvalue weighted by Crippen LogP contribution is -2.54. The molecule has 3 atom stereocenters. The fourth-order valence-corrected chi connectivity index (χ4v) is 2.63. The van der Waals surface area contributed by atoms with E-state index in [1.54, 1.807) is 6.92 Å². The maximum atomic E-state index is 11.9. The molecule has 0 spiro atoms. The van der Waals surface area contributed by atoms with Crippen molar-refractivity contribution in [2.24, 2.45) is 5.73 Å². The Morgan fingerprint density at radius 2 is 1.69 bits per heavy atom. The number of amides is 1. The van der Waals surface area contributed by atoms with Crippen molar-refractivity contribution in [3.05, 3.63) is 0 Å². The summed E-state index contributed by atoms with van der Waals surface area (Å²) in [6, 6.07) is 0.401. The molecule has 0 bridgehead atoms. The van der Waals surface area contributed by atoms with Gasteiger partial charge in [0.1, 0.15) is 0 Å². The van der Waals surface area contributed by atoms with E-state index < -0.39 is 6.04 Å². The van der Waals surface area contributed by atoms with E-state index in [1.807, 2.05) is 11.9 Å². The average molecular weight is 227 g/mol. The molecular weight excluding hydrogens is 202 g/mol. The second-order valence-electron chi connectivity index (χ2n) is 5.12. The molecule has 1 aliphatic carbocycles. The average Bonchev–Trinajstić information content (AvgIpc) is 2.26. The molecule has 0 aromatic heterocycles. The molecule has 4 nitrogen and oxygen atoms in total. The van der Waals surface area contributed by atoms with Gasteiger partial charge in [-0.25, -0.2) is 0 Å². The predicted octanol–water partition coefficient (Wildman–Crippen LogP) is 0.665. The summed E-state index contributed by atoms with van der Waals surface area (Å²) in [4.78, 5) is 16.0. The van der Waals surface area contributed by atoms with E-state index in [-0.39, 0.29) is 5.91 Å². The zero-order chi connectivity index (χ0) is 12.3. The molecule has 1 aliphatic rings. The van der Waals surface area contributed by atoms with Crippen LogP contribution in [0.25, 0.3) is 0 Å². The van der Waals surface area contributed by atoms with Crippen molar-refractivity contribution in [1.29, 1.82) is 0 Å². The van der Waals surface area contributed by atoms with Crippen molar-refractivity contribution in [2.75, 3.05) is 21.1 Å². The van der Waals surface area contributed by atoms with E-state index >= 15 is 0 Å². The maximum Gasteiger partial charge on any atom is 0.239 e. The lowest BCUT2D eigenvalue weighted by Gasteiger charge is -2.41. The first-order valence-electron chi connectivity index (χ1n) is 6.13. The van der Waals surface area contributed by atoms with Crippen LogP contribution in [0.3, 0.4) is 0 Å². The summed E-state index contributed by atoms with van der Waals surface area (Å²) >= 11 is 0. The molecule has 0 radical (unpaired) electrons. The van der Waals surface area contributed by atoms with Crippen LogP contribution in [0.1, 0.15) is 32.6 Å². The minimum Gasteiger partial charge on any atom is -0.340 e. The largest absolute Gasteiger partial charge is 0.340 e. The molecule has 94 valence electrons. The van der Waals surface area contributed by atoms with Crippen LogP contribution in [0.2, 0.25) is 0 Å². The number of hydrogen-bond donors (Lipinski definition) is 1. The third-order valence-corrected chi connectivity index (χ3v) is 3.59. The van der Waals surface area contributed by atoms with Crippen LogP contribution in [-0.4, -0.2) is 55.0 Å².